The van der Waals surface area contributed by atoms with Crippen molar-refractivity contribution in [1.29, 1.82) is 0 Å². The van der Waals surface area contributed by atoms with Crippen molar-refractivity contribution in [3.8, 4) is 5.75 Å². The van der Waals surface area contributed by atoms with Crippen molar-refractivity contribution in [2.45, 2.75) is 6.42 Å². The van der Waals surface area contributed by atoms with Gasteiger partial charge in [0.2, 0.25) is 0 Å². The van der Waals surface area contributed by atoms with Crippen LogP contribution in [0.2, 0.25) is 0 Å². The molecule has 1 aromatic heterocycles. The summed E-state index contributed by atoms with van der Waals surface area (Å²) in [6, 6.07) is 7.07. The Labute approximate surface area is 88.7 Å². The maximum absolute atomic E-state index is 9.48. The molecule has 2 aromatic rings. The lowest BCUT2D eigenvalue weighted by atomic mass is 10.1. The first-order valence-corrected chi connectivity index (χ1v) is 4.80. The Morgan fingerprint density at radius 1 is 1.36 bits per heavy atom. The van der Waals surface area contributed by atoms with Crippen LogP contribution in [0.4, 0.5) is 0 Å². The third-order valence-corrected chi connectivity index (χ3v) is 2.11. The zero-order chi connectivity index (χ0) is 9.97. The molecule has 0 amide bonds. The number of halogens is 1. The minimum Gasteiger partial charge on any atom is -0.508 e. The standard InChI is InChI=1S/C9H7BrN2O2/c10-9-11-8(12-14-9)5-6-3-1-2-4-7(6)13/h1-4,13H,5H2. The molecule has 0 aliphatic heterocycles. The summed E-state index contributed by atoms with van der Waals surface area (Å²) in [6.07, 6.45) is 0.460. The van der Waals surface area contributed by atoms with Crippen LogP contribution < -0.4 is 0 Å². The molecule has 0 bridgehead atoms. The van der Waals surface area contributed by atoms with Crippen LogP contribution in [0.3, 0.4) is 0 Å². The second-order valence-corrected chi connectivity index (χ2v) is 3.45. The number of para-hydroxylation sites is 1. The Morgan fingerprint density at radius 3 is 2.79 bits per heavy atom. The lowest BCUT2D eigenvalue weighted by Crippen LogP contribution is -1.90. The predicted octanol–water partition coefficient (Wildman–Crippen LogP) is 2.13. The lowest BCUT2D eigenvalue weighted by molar-refractivity contribution is 0.390. The smallest absolute Gasteiger partial charge is 0.293 e. The minimum atomic E-state index is 0.244. The first-order valence-electron chi connectivity index (χ1n) is 4.00. The monoisotopic (exact) mass is 254 g/mol. The normalized spacial score (nSPS) is 10.4. The Bertz CT molecular complexity index is 442. The van der Waals surface area contributed by atoms with E-state index in [1.54, 1.807) is 12.1 Å². The fourth-order valence-corrected chi connectivity index (χ4v) is 1.41. The van der Waals surface area contributed by atoms with Gasteiger partial charge in [-0.3, -0.25) is 0 Å². The number of rotatable bonds is 2. The van der Waals surface area contributed by atoms with Gasteiger partial charge in [0.05, 0.1) is 0 Å². The largest absolute Gasteiger partial charge is 0.508 e. The average molecular weight is 255 g/mol. The molecule has 5 heteroatoms. The maximum atomic E-state index is 9.48. The molecule has 0 atom stereocenters. The van der Waals surface area contributed by atoms with Crippen molar-refractivity contribution in [3.05, 3.63) is 40.5 Å². The highest BCUT2D eigenvalue weighted by Crippen LogP contribution is 2.18. The van der Waals surface area contributed by atoms with Gasteiger partial charge in [-0.15, -0.1) is 0 Å². The van der Waals surface area contributed by atoms with Crippen LogP contribution in [0.5, 0.6) is 5.75 Å². The van der Waals surface area contributed by atoms with Gasteiger partial charge in [-0.25, -0.2) is 0 Å². The van der Waals surface area contributed by atoms with Gasteiger partial charge in [0.15, 0.2) is 5.82 Å². The summed E-state index contributed by atoms with van der Waals surface area (Å²) in [5, 5.41) is 13.2. The molecular weight excluding hydrogens is 248 g/mol. The molecule has 1 heterocycles. The molecule has 0 aliphatic rings. The van der Waals surface area contributed by atoms with Crippen molar-refractivity contribution >= 4 is 15.9 Å². The summed E-state index contributed by atoms with van der Waals surface area (Å²) in [7, 11) is 0. The number of aromatic hydroxyl groups is 1. The minimum absolute atomic E-state index is 0.244. The molecule has 0 saturated heterocycles. The second-order valence-electron chi connectivity index (χ2n) is 2.77. The summed E-state index contributed by atoms with van der Waals surface area (Å²) in [6.45, 7) is 0. The maximum Gasteiger partial charge on any atom is 0.293 e. The van der Waals surface area contributed by atoms with E-state index in [1.807, 2.05) is 12.1 Å². The Hall–Kier alpha value is -1.36. The molecule has 1 aromatic carbocycles. The van der Waals surface area contributed by atoms with Crippen LogP contribution in [0, 0.1) is 0 Å². The van der Waals surface area contributed by atoms with Crippen molar-refractivity contribution in [1.82, 2.24) is 10.1 Å². The topological polar surface area (TPSA) is 59.2 Å². The van der Waals surface area contributed by atoms with Gasteiger partial charge >= 0.3 is 0 Å². The van der Waals surface area contributed by atoms with Gasteiger partial charge in [0, 0.05) is 27.9 Å². The number of phenolic OH excluding ortho intramolecular Hbond substituents is 1. The van der Waals surface area contributed by atoms with Crippen molar-refractivity contribution in [2.24, 2.45) is 0 Å². The van der Waals surface area contributed by atoms with Gasteiger partial charge in [0.1, 0.15) is 5.75 Å². The summed E-state index contributed by atoms with van der Waals surface area (Å²) < 4.78 is 4.75. The molecule has 0 aliphatic carbocycles. The number of nitrogens with zero attached hydrogens (tertiary/aromatic N) is 2. The molecule has 0 radical (unpaired) electrons. The highest BCUT2D eigenvalue weighted by molar-refractivity contribution is 9.10. The highest BCUT2D eigenvalue weighted by Gasteiger charge is 2.06. The van der Waals surface area contributed by atoms with Gasteiger partial charge in [-0.1, -0.05) is 23.4 Å². The summed E-state index contributed by atoms with van der Waals surface area (Å²) >= 11 is 3.06. The zero-order valence-corrected chi connectivity index (χ0v) is 8.73. The Kier molecular flexibility index (Phi) is 2.49. The van der Waals surface area contributed by atoms with Gasteiger partial charge in [-0.05, 0) is 6.07 Å². The molecular formula is C9H7BrN2O2. The number of benzene rings is 1. The number of phenols is 1. The lowest BCUT2D eigenvalue weighted by Gasteiger charge is -1.99. The average Bonchev–Trinajstić information content (AvgIpc) is 2.56. The van der Waals surface area contributed by atoms with Crippen LogP contribution in [0.15, 0.2) is 33.6 Å². The van der Waals surface area contributed by atoms with E-state index in [1.165, 1.54) is 0 Å². The van der Waals surface area contributed by atoms with E-state index in [0.29, 0.717) is 17.0 Å². The third kappa shape index (κ3) is 1.93. The van der Waals surface area contributed by atoms with Crippen LogP contribution in [-0.4, -0.2) is 15.2 Å². The van der Waals surface area contributed by atoms with E-state index in [2.05, 4.69) is 26.1 Å². The molecule has 4 nitrogen and oxygen atoms in total. The van der Waals surface area contributed by atoms with Crippen molar-refractivity contribution in [3.63, 3.8) is 0 Å². The molecule has 72 valence electrons. The molecule has 0 fully saturated rings. The predicted molar refractivity (Wildman–Crippen MR) is 52.9 cm³/mol. The molecule has 0 unspecified atom stereocenters. The van der Waals surface area contributed by atoms with Crippen molar-refractivity contribution in [2.75, 3.05) is 0 Å². The highest BCUT2D eigenvalue weighted by atomic mass is 79.9. The second kappa shape index (κ2) is 3.79. The van der Waals surface area contributed by atoms with Crippen molar-refractivity contribution < 1.29 is 9.63 Å². The fraction of sp³-hybridized carbons (Fsp3) is 0.111. The molecule has 14 heavy (non-hydrogen) atoms. The van der Waals surface area contributed by atoms with E-state index in [0.717, 1.165) is 5.56 Å². The molecule has 2 rings (SSSR count). The summed E-state index contributed by atoms with van der Waals surface area (Å²) in [5.41, 5.74) is 0.779. The number of hydrogen-bond donors (Lipinski definition) is 1. The van der Waals surface area contributed by atoms with Gasteiger partial charge in [0.25, 0.3) is 4.80 Å². The molecule has 1 N–H and O–H groups in total. The molecule has 0 spiro atoms. The van der Waals surface area contributed by atoms with Crippen LogP contribution in [-0.2, 0) is 6.42 Å². The van der Waals surface area contributed by atoms with Gasteiger partial charge < -0.3 is 9.63 Å². The van der Waals surface area contributed by atoms with Crippen LogP contribution in [0.25, 0.3) is 0 Å². The Balaban J connectivity index is 2.23. The first-order chi connectivity index (χ1) is 6.75. The van der Waals surface area contributed by atoms with E-state index < -0.39 is 0 Å². The fourth-order valence-electron chi connectivity index (χ4n) is 1.14. The number of aromatic nitrogens is 2. The zero-order valence-electron chi connectivity index (χ0n) is 7.14. The summed E-state index contributed by atoms with van der Waals surface area (Å²) in [5.74, 6) is 0.784. The van der Waals surface area contributed by atoms with Crippen LogP contribution in [0.1, 0.15) is 11.4 Å². The van der Waals surface area contributed by atoms with E-state index in [-0.39, 0.29) is 5.75 Å². The SMILES string of the molecule is Oc1ccccc1Cc1noc(Br)n1. The Morgan fingerprint density at radius 2 is 2.14 bits per heavy atom. The quantitative estimate of drug-likeness (QED) is 0.892. The molecule has 0 saturated carbocycles. The van der Waals surface area contributed by atoms with E-state index in [4.69, 9.17) is 4.52 Å². The van der Waals surface area contributed by atoms with E-state index >= 15 is 0 Å². The van der Waals surface area contributed by atoms with E-state index in [9.17, 15) is 5.11 Å². The summed E-state index contributed by atoms with van der Waals surface area (Å²) in [4.78, 5) is 4.32. The van der Waals surface area contributed by atoms with Gasteiger partial charge in [-0.2, -0.15) is 4.98 Å². The third-order valence-electron chi connectivity index (χ3n) is 1.78. The first kappa shape index (κ1) is 9.21. The number of hydrogen-bond acceptors (Lipinski definition) is 4. The van der Waals surface area contributed by atoms with Crippen LogP contribution >= 0.6 is 15.9 Å².